The molecule has 2 aromatic rings. The first-order chi connectivity index (χ1) is 11.1. The van der Waals surface area contributed by atoms with E-state index in [9.17, 15) is 14.7 Å². The average Bonchev–Trinajstić information content (AvgIpc) is 3.20. The topological polar surface area (TPSA) is 93.5 Å². The third-order valence-electron chi connectivity index (χ3n) is 3.88. The van der Waals surface area contributed by atoms with Gasteiger partial charge in [-0.3, -0.25) is 4.79 Å². The van der Waals surface area contributed by atoms with Gasteiger partial charge in [-0.25, -0.2) is 9.48 Å². The van der Waals surface area contributed by atoms with Crippen LogP contribution in [0.15, 0.2) is 42.7 Å². The summed E-state index contributed by atoms with van der Waals surface area (Å²) in [7, 11) is 0. The number of hydrogen-bond acceptors (Lipinski definition) is 4. The molecule has 1 unspecified atom stereocenters. The molecule has 0 bridgehead atoms. The SMILES string of the molecule is O=C(Cc1ccc(-n2cccn2)cc1)NC1(C(=O)O)CCOC1. The summed E-state index contributed by atoms with van der Waals surface area (Å²) in [6.45, 7) is 0.345. The Morgan fingerprint density at radius 1 is 1.35 bits per heavy atom. The van der Waals surface area contributed by atoms with Gasteiger partial charge in [-0.2, -0.15) is 5.10 Å². The third-order valence-corrected chi connectivity index (χ3v) is 3.88. The van der Waals surface area contributed by atoms with Crippen LogP contribution < -0.4 is 5.32 Å². The second-order valence-corrected chi connectivity index (χ2v) is 5.53. The van der Waals surface area contributed by atoms with Crippen molar-refractivity contribution in [2.75, 3.05) is 13.2 Å². The van der Waals surface area contributed by atoms with Crippen molar-refractivity contribution in [2.45, 2.75) is 18.4 Å². The predicted molar refractivity (Wildman–Crippen MR) is 81.2 cm³/mol. The number of rotatable bonds is 5. The molecule has 0 spiro atoms. The zero-order valence-electron chi connectivity index (χ0n) is 12.4. The molecule has 0 aliphatic carbocycles. The molecule has 1 saturated heterocycles. The van der Waals surface area contributed by atoms with Crippen molar-refractivity contribution in [3.63, 3.8) is 0 Å². The minimum absolute atomic E-state index is 0.00626. The highest BCUT2D eigenvalue weighted by Crippen LogP contribution is 2.19. The molecule has 7 nitrogen and oxygen atoms in total. The maximum Gasteiger partial charge on any atom is 0.331 e. The number of carboxylic acid groups (broad SMARTS) is 1. The maximum atomic E-state index is 12.1. The van der Waals surface area contributed by atoms with E-state index in [-0.39, 0.29) is 25.4 Å². The summed E-state index contributed by atoms with van der Waals surface area (Å²) < 4.78 is 6.85. The molecule has 2 heterocycles. The Balaban J connectivity index is 1.65. The first-order valence-corrected chi connectivity index (χ1v) is 7.30. The Labute approximate surface area is 132 Å². The van der Waals surface area contributed by atoms with Crippen molar-refractivity contribution in [1.82, 2.24) is 15.1 Å². The molecule has 1 atom stereocenters. The van der Waals surface area contributed by atoms with E-state index in [4.69, 9.17) is 4.74 Å². The van der Waals surface area contributed by atoms with Crippen molar-refractivity contribution >= 4 is 11.9 Å². The Morgan fingerprint density at radius 2 is 2.13 bits per heavy atom. The Kier molecular flexibility index (Phi) is 4.12. The highest BCUT2D eigenvalue weighted by molar-refractivity contribution is 5.88. The number of carboxylic acids is 1. The van der Waals surface area contributed by atoms with Crippen molar-refractivity contribution in [3.8, 4) is 5.69 Å². The van der Waals surface area contributed by atoms with Crippen LogP contribution in [0.1, 0.15) is 12.0 Å². The van der Waals surface area contributed by atoms with Gasteiger partial charge in [0, 0.05) is 25.4 Å². The molecule has 0 saturated carbocycles. The lowest BCUT2D eigenvalue weighted by Gasteiger charge is -2.23. The summed E-state index contributed by atoms with van der Waals surface area (Å²) in [6, 6.07) is 9.21. The molecule has 1 aliphatic rings. The van der Waals surface area contributed by atoms with E-state index in [1.165, 1.54) is 0 Å². The van der Waals surface area contributed by atoms with Gasteiger partial charge >= 0.3 is 5.97 Å². The summed E-state index contributed by atoms with van der Waals surface area (Å²) in [4.78, 5) is 23.5. The van der Waals surface area contributed by atoms with Crippen LogP contribution in [0.3, 0.4) is 0 Å². The smallest absolute Gasteiger partial charge is 0.331 e. The summed E-state index contributed by atoms with van der Waals surface area (Å²) in [5.74, 6) is -1.39. The van der Waals surface area contributed by atoms with E-state index in [0.29, 0.717) is 6.61 Å². The number of carbonyl (C=O) groups is 2. The number of nitrogens with zero attached hydrogens (tertiary/aromatic N) is 2. The van der Waals surface area contributed by atoms with Crippen molar-refractivity contribution in [3.05, 3.63) is 48.3 Å². The number of carbonyl (C=O) groups excluding carboxylic acids is 1. The molecule has 1 aromatic heterocycles. The highest BCUT2D eigenvalue weighted by atomic mass is 16.5. The summed E-state index contributed by atoms with van der Waals surface area (Å²) in [6.07, 6.45) is 3.93. The van der Waals surface area contributed by atoms with E-state index in [0.717, 1.165) is 11.3 Å². The molecule has 120 valence electrons. The van der Waals surface area contributed by atoms with E-state index < -0.39 is 11.5 Å². The number of amides is 1. The zero-order valence-corrected chi connectivity index (χ0v) is 12.4. The van der Waals surface area contributed by atoms with Crippen molar-refractivity contribution in [1.29, 1.82) is 0 Å². The average molecular weight is 315 g/mol. The Morgan fingerprint density at radius 3 is 2.70 bits per heavy atom. The molecule has 1 aromatic carbocycles. The first-order valence-electron chi connectivity index (χ1n) is 7.30. The number of aliphatic carboxylic acids is 1. The second kappa shape index (κ2) is 6.21. The molecule has 1 amide bonds. The fourth-order valence-electron chi connectivity index (χ4n) is 2.57. The lowest BCUT2D eigenvalue weighted by Crippen LogP contribution is -2.55. The lowest BCUT2D eigenvalue weighted by atomic mass is 9.98. The van der Waals surface area contributed by atoms with Crippen LogP contribution in [0.2, 0.25) is 0 Å². The fourth-order valence-corrected chi connectivity index (χ4v) is 2.57. The summed E-state index contributed by atoms with van der Waals surface area (Å²) in [5, 5.41) is 16.1. The molecule has 7 heteroatoms. The van der Waals surface area contributed by atoms with Gasteiger partial charge in [-0.15, -0.1) is 0 Å². The largest absolute Gasteiger partial charge is 0.479 e. The maximum absolute atomic E-state index is 12.1. The van der Waals surface area contributed by atoms with Gasteiger partial charge in [-0.05, 0) is 23.8 Å². The Hall–Kier alpha value is -2.67. The van der Waals surface area contributed by atoms with Crippen LogP contribution in [0.25, 0.3) is 5.69 Å². The minimum atomic E-state index is -1.30. The number of aromatic nitrogens is 2. The van der Waals surface area contributed by atoms with Crippen LogP contribution in [-0.2, 0) is 20.7 Å². The quantitative estimate of drug-likeness (QED) is 0.850. The van der Waals surface area contributed by atoms with Gasteiger partial charge < -0.3 is 15.2 Å². The van der Waals surface area contributed by atoms with Crippen LogP contribution in [0, 0.1) is 0 Å². The molecule has 1 fully saturated rings. The van der Waals surface area contributed by atoms with Crippen LogP contribution in [0.5, 0.6) is 0 Å². The minimum Gasteiger partial charge on any atom is -0.479 e. The monoisotopic (exact) mass is 315 g/mol. The number of benzene rings is 1. The van der Waals surface area contributed by atoms with Gasteiger partial charge in [0.25, 0.3) is 0 Å². The molecular formula is C16H17N3O4. The van der Waals surface area contributed by atoms with E-state index in [2.05, 4.69) is 10.4 Å². The van der Waals surface area contributed by atoms with E-state index in [1.54, 1.807) is 10.9 Å². The first kappa shape index (κ1) is 15.2. The standard InChI is InChI=1S/C16H17N3O4/c20-14(18-16(15(21)22)6-9-23-11-16)10-12-2-4-13(5-3-12)19-8-1-7-17-19/h1-5,7-8H,6,9-11H2,(H,18,20)(H,21,22). The van der Waals surface area contributed by atoms with Gasteiger partial charge in [0.2, 0.25) is 5.91 Å². The third kappa shape index (κ3) is 3.24. The predicted octanol–water partition coefficient (Wildman–Crippen LogP) is 0.775. The number of ether oxygens (including phenoxy) is 1. The zero-order chi connectivity index (χ0) is 16.3. The number of nitrogens with one attached hydrogen (secondary N) is 1. The van der Waals surface area contributed by atoms with E-state index in [1.807, 2.05) is 36.5 Å². The Bertz CT molecular complexity index is 689. The lowest BCUT2D eigenvalue weighted by molar-refractivity contribution is -0.147. The normalized spacial score (nSPS) is 20.3. The molecule has 3 rings (SSSR count). The van der Waals surface area contributed by atoms with Crippen LogP contribution >= 0.6 is 0 Å². The van der Waals surface area contributed by atoms with Gasteiger partial charge in [0.05, 0.1) is 18.7 Å². The van der Waals surface area contributed by atoms with Crippen LogP contribution in [-0.4, -0.2) is 45.5 Å². The highest BCUT2D eigenvalue weighted by Gasteiger charge is 2.43. The second-order valence-electron chi connectivity index (χ2n) is 5.53. The molecule has 1 aliphatic heterocycles. The van der Waals surface area contributed by atoms with Gasteiger partial charge in [0.15, 0.2) is 5.54 Å². The van der Waals surface area contributed by atoms with Gasteiger partial charge in [0.1, 0.15) is 0 Å². The molecule has 23 heavy (non-hydrogen) atoms. The van der Waals surface area contributed by atoms with Crippen molar-refractivity contribution in [2.24, 2.45) is 0 Å². The van der Waals surface area contributed by atoms with Gasteiger partial charge in [-0.1, -0.05) is 12.1 Å². The summed E-state index contributed by atoms with van der Waals surface area (Å²) >= 11 is 0. The molecule has 2 N–H and O–H groups in total. The fraction of sp³-hybridized carbons (Fsp3) is 0.312. The van der Waals surface area contributed by atoms with Crippen LogP contribution in [0.4, 0.5) is 0 Å². The summed E-state index contributed by atoms with van der Waals surface area (Å²) in [5.41, 5.74) is 0.398. The number of hydrogen-bond donors (Lipinski definition) is 2. The van der Waals surface area contributed by atoms with Crippen molar-refractivity contribution < 1.29 is 19.4 Å². The molecule has 0 radical (unpaired) electrons. The van der Waals surface area contributed by atoms with E-state index >= 15 is 0 Å². The molecular weight excluding hydrogens is 298 g/mol.